The summed E-state index contributed by atoms with van der Waals surface area (Å²) < 4.78 is 31.5. The molecule has 38 heavy (non-hydrogen) atoms. The molecule has 2 amide bonds. The van der Waals surface area contributed by atoms with Crippen molar-refractivity contribution in [3.8, 4) is 5.75 Å². The van der Waals surface area contributed by atoms with Crippen LogP contribution in [-0.4, -0.2) is 57.1 Å². The molecule has 0 unspecified atom stereocenters. The number of nitrogens with zero attached hydrogens (tertiary/aromatic N) is 2. The lowest BCUT2D eigenvalue weighted by atomic mass is 10.1. The van der Waals surface area contributed by atoms with E-state index in [-0.39, 0.29) is 43.8 Å². The Morgan fingerprint density at radius 1 is 1.11 bits per heavy atom. The Kier molecular flexibility index (Phi) is 10.7. The highest BCUT2D eigenvalue weighted by Gasteiger charge is 2.29. The fourth-order valence-electron chi connectivity index (χ4n) is 4.60. The van der Waals surface area contributed by atoms with Crippen LogP contribution >= 0.6 is 23.2 Å². The summed E-state index contributed by atoms with van der Waals surface area (Å²) in [7, 11) is -2.10. The van der Waals surface area contributed by atoms with Crippen LogP contribution in [0, 0.1) is 0 Å². The molecule has 0 saturated heterocycles. The SMILES string of the molecule is COc1cccc(N(CCCC(=O)N(Cc2c(Cl)cccc2Cl)[C@@H](C)C(=O)NC2CCCC2)S(C)(=O)=O)c1. The predicted molar refractivity (Wildman–Crippen MR) is 151 cm³/mol. The van der Waals surface area contributed by atoms with Crippen molar-refractivity contribution in [2.45, 2.75) is 64.1 Å². The van der Waals surface area contributed by atoms with Gasteiger partial charge in [-0.2, -0.15) is 0 Å². The van der Waals surface area contributed by atoms with E-state index in [0.717, 1.165) is 31.9 Å². The van der Waals surface area contributed by atoms with Gasteiger partial charge in [0, 0.05) is 47.2 Å². The summed E-state index contributed by atoms with van der Waals surface area (Å²) in [5, 5.41) is 3.86. The number of amides is 2. The van der Waals surface area contributed by atoms with E-state index in [1.54, 1.807) is 49.4 Å². The van der Waals surface area contributed by atoms with Gasteiger partial charge in [-0.25, -0.2) is 8.42 Å². The predicted octanol–water partition coefficient (Wildman–Crippen LogP) is 5.02. The first-order chi connectivity index (χ1) is 18.0. The summed E-state index contributed by atoms with van der Waals surface area (Å²) in [6, 6.07) is 11.2. The summed E-state index contributed by atoms with van der Waals surface area (Å²) in [5.41, 5.74) is 1.00. The number of anilines is 1. The van der Waals surface area contributed by atoms with Crippen molar-refractivity contribution in [3.05, 3.63) is 58.1 Å². The topological polar surface area (TPSA) is 96.0 Å². The Balaban J connectivity index is 1.76. The monoisotopic (exact) mass is 583 g/mol. The molecule has 2 aromatic rings. The average Bonchev–Trinajstić information content (AvgIpc) is 3.38. The maximum Gasteiger partial charge on any atom is 0.242 e. The van der Waals surface area contributed by atoms with Gasteiger partial charge in [-0.1, -0.05) is 48.2 Å². The molecule has 0 aliphatic heterocycles. The van der Waals surface area contributed by atoms with Crippen LogP contribution < -0.4 is 14.4 Å². The standard InChI is InChI=1S/C27H35Cl2N3O5S/c1-19(27(34)30-20-9-4-5-10-20)31(18-23-24(28)13-7-14-25(23)29)26(33)15-8-16-32(38(3,35)36)21-11-6-12-22(17-21)37-2/h6-7,11-14,17,19-20H,4-5,8-10,15-16,18H2,1-3H3,(H,30,34)/t19-/m0/s1. The largest absolute Gasteiger partial charge is 0.497 e. The minimum absolute atomic E-state index is 0.0269. The third-order valence-corrected chi connectivity index (χ3v) is 8.65. The van der Waals surface area contributed by atoms with Gasteiger partial charge in [0.2, 0.25) is 21.8 Å². The molecule has 8 nitrogen and oxygen atoms in total. The molecule has 3 rings (SSSR count). The molecule has 0 heterocycles. The van der Waals surface area contributed by atoms with Crippen molar-refractivity contribution in [1.29, 1.82) is 0 Å². The summed E-state index contributed by atoms with van der Waals surface area (Å²) in [4.78, 5) is 28.1. The van der Waals surface area contributed by atoms with Gasteiger partial charge in [-0.05, 0) is 50.5 Å². The maximum absolute atomic E-state index is 13.5. The Morgan fingerprint density at radius 3 is 2.34 bits per heavy atom. The molecule has 1 aliphatic carbocycles. The minimum Gasteiger partial charge on any atom is -0.497 e. The van der Waals surface area contributed by atoms with Gasteiger partial charge in [0.15, 0.2) is 0 Å². The van der Waals surface area contributed by atoms with Crippen molar-refractivity contribution >= 4 is 50.7 Å². The quantitative estimate of drug-likeness (QED) is 0.378. The van der Waals surface area contributed by atoms with Gasteiger partial charge in [0.25, 0.3) is 0 Å². The maximum atomic E-state index is 13.5. The van der Waals surface area contributed by atoms with E-state index in [4.69, 9.17) is 27.9 Å². The highest BCUT2D eigenvalue weighted by molar-refractivity contribution is 7.92. The summed E-state index contributed by atoms with van der Waals surface area (Å²) in [6.07, 6.45) is 5.38. The van der Waals surface area contributed by atoms with Crippen molar-refractivity contribution in [3.63, 3.8) is 0 Å². The molecule has 1 N–H and O–H groups in total. The number of rotatable bonds is 12. The van der Waals surface area contributed by atoms with Crippen LogP contribution in [0.25, 0.3) is 0 Å². The molecular formula is C27H35Cl2N3O5S. The van der Waals surface area contributed by atoms with E-state index >= 15 is 0 Å². The van der Waals surface area contributed by atoms with Crippen molar-refractivity contribution < 1.29 is 22.7 Å². The van der Waals surface area contributed by atoms with Crippen molar-refractivity contribution in [2.24, 2.45) is 0 Å². The van der Waals surface area contributed by atoms with E-state index in [2.05, 4.69) is 5.32 Å². The molecule has 1 aliphatic rings. The molecule has 2 aromatic carbocycles. The summed E-state index contributed by atoms with van der Waals surface area (Å²) >= 11 is 12.8. The molecular weight excluding hydrogens is 549 g/mol. The first kappa shape index (κ1) is 30.1. The molecule has 1 saturated carbocycles. The number of benzene rings is 2. The molecule has 0 radical (unpaired) electrons. The average molecular weight is 585 g/mol. The van der Waals surface area contributed by atoms with E-state index in [1.165, 1.54) is 16.3 Å². The third-order valence-electron chi connectivity index (χ3n) is 6.75. The Bertz CT molecular complexity index is 1210. The first-order valence-electron chi connectivity index (χ1n) is 12.7. The van der Waals surface area contributed by atoms with Crippen LogP contribution in [0.4, 0.5) is 5.69 Å². The number of sulfonamides is 1. The van der Waals surface area contributed by atoms with Crippen LogP contribution in [0.2, 0.25) is 10.0 Å². The number of carbonyl (C=O) groups is 2. The van der Waals surface area contributed by atoms with Crippen LogP contribution in [0.5, 0.6) is 5.75 Å². The number of hydrogen-bond acceptors (Lipinski definition) is 5. The molecule has 208 valence electrons. The van der Waals surface area contributed by atoms with Gasteiger partial charge in [0.1, 0.15) is 11.8 Å². The normalized spacial score (nSPS) is 14.7. The second kappa shape index (κ2) is 13.5. The van der Waals surface area contributed by atoms with Gasteiger partial charge in [-0.15, -0.1) is 0 Å². The zero-order valence-electron chi connectivity index (χ0n) is 22.0. The number of carbonyl (C=O) groups excluding carboxylic acids is 2. The zero-order valence-corrected chi connectivity index (χ0v) is 24.3. The van der Waals surface area contributed by atoms with Gasteiger partial charge in [0.05, 0.1) is 19.1 Å². The number of ether oxygens (including phenoxy) is 1. The molecule has 11 heteroatoms. The number of nitrogens with one attached hydrogen (secondary N) is 1. The van der Waals surface area contributed by atoms with E-state index in [1.807, 2.05) is 0 Å². The Morgan fingerprint density at radius 2 is 1.74 bits per heavy atom. The Hall–Kier alpha value is -2.49. The second-order valence-electron chi connectivity index (χ2n) is 9.53. The highest BCUT2D eigenvalue weighted by Crippen LogP contribution is 2.28. The van der Waals surface area contributed by atoms with Gasteiger partial charge in [-0.3, -0.25) is 13.9 Å². The smallest absolute Gasteiger partial charge is 0.242 e. The molecule has 1 fully saturated rings. The van der Waals surface area contributed by atoms with E-state index in [0.29, 0.717) is 27.0 Å². The lowest BCUT2D eigenvalue weighted by Gasteiger charge is -2.31. The van der Waals surface area contributed by atoms with Crippen LogP contribution in [-0.2, 0) is 26.2 Å². The van der Waals surface area contributed by atoms with E-state index < -0.39 is 16.1 Å². The third kappa shape index (κ3) is 8.01. The first-order valence-corrected chi connectivity index (χ1v) is 15.3. The summed E-state index contributed by atoms with van der Waals surface area (Å²) in [6.45, 7) is 1.83. The van der Waals surface area contributed by atoms with Crippen molar-refractivity contribution in [2.75, 3.05) is 24.2 Å². The number of halogens is 2. The van der Waals surface area contributed by atoms with Crippen LogP contribution in [0.3, 0.4) is 0 Å². The lowest BCUT2D eigenvalue weighted by Crippen LogP contribution is -2.49. The molecule has 0 bridgehead atoms. The van der Waals surface area contributed by atoms with Crippen LogP contribution in [0.1, 0.15) is 51.0 Å². The molecule has 1 atom stereocenters. The lowest BCUT2D eigenvalue weighted by molar-refractivity contribution is -0.140. The van der Waals surface area contributed by atoms with Crippen molar-refractivity contribution in [1.82, 2.24) is 10.2 Å². The Labute approximate surface area is 235 Å². The second-order valence-corrected chi connectivity index (χ2v) is 12.2. The molecule has 0 spiro atoms. The molecule has 0 aromatic heterocycles. The van der Waals surface area contributed by atoms with E-state index in [9.17, 15) is 18.0 Å². The number of hydrogen-bond donors (Lipinski definition) is 1. The summed E-state index contributed by atoms with van der Waals surface area (Å²) in [5.74, 6) is -0.00570. The fraction of sp³-hybridized carbons (Fsp3) is 0.481. The zero-order chi connectivity index (χ0) is 27.9. The van der Waals surface area contributed by atoms with Gasteiger partial charge < -0.3 is 15.0 Å². The number of methoxy groups -OCH3 is 1. The van der Waals surface area contributed by atoms with Gasteiger partial charge >= 0.3 is 0 Å². The van der Waals surface area contributed by atoms with Crippen LogP contribution in [0.15, 0.2) is 42.5 Å². The minimum atomic E-state index is -3.61. The fourth-order valence-corrected chi connectivity index (χ4v) is 6.07. The highest BCUT2D eigenvalue weighted by atomic mass is 35.5.